The molecule has 7 heteroatoms. The van der Waals surface area contributed by atoms with Crippen molar-refractivity contribution in [3.05, 3.63) is 69.1 Å². The summed E-state index contributed by atoms with van der Waals surface area (Å²) >= 11 is 6.37. The van der Waals surface area contributed by atoms with Crippen LogP contribution < -0.4 is 11.0 Å². The molecule has 0 saturated carbocycles. The number of H-pyrrole nitrogens is 1. The van der Waals surface area contributed by atoms with Crippen LogP contribution in [0.2, 0.25) is 5.02 Å². The van der Waals surface area contributed by atoms with Crippen LogP contribution in [-0.4, -0.2) is 20.9 Å². The monoisotopic (exact) mass is 410 g/mol. The summed E-state index contributed by atoms with van der Waals surface area (Å²) in [6, 6.07) is 13.0. The Labute approximate surface area is 174 Å². The van der Waals surface area contributed by atoms with Crippen LogP contribution in [0.1, 0.15) is 31.9 Å². The van der Waals surface area contributed by atoms with Crippen LogP contribution in [-0.2, 0) is 11.3 Å². The van der Waals surface area contributed by atoms with E-state index in [0.717, 1.165) is 16.7 Å². The van der Waals surface area contributed by atoms with Gasteiger partial charge < -0.3 is 5.32 Å². The van der Waals surface area contributed by atoms with Crippen LogP contribution in [0.3, 0.4) is 0 Å². The Hall–Kier alpha value is -2.99. The third-order valence-electron chi connectivity index (χ3n) is 4.35. The fourth-order valence-electron chi connectivity index (χ4n) is 2.74. The molecule has 6 nitrogen and oxygen atoms in total. The molecule has 150 valence electrons. The summed E-state index contributed by atoms with van der Waals surface area (Å²) in [4.78, 5) is 35.4. The maximum atomic E-state index is 12.2. The first-order chi connectivity index (χ1) is 13.6. The molecule has 2 aromatic carbocycles. The number of amides is 1. The van der Waals surface area contributed by atoms with Gasteiger partial charge in [-0.25, -0.2) is 9.78 Å². The van der Waals surface area contributed by atoms with Crippen molar-refractivity contribution in [3.8, 4) is 22.8 Å². The number of aromatic nitrogens is 3. The predicted molar refractivity (Wildman–Crippen MR) is 115 cm³/mol. The van der Waals surface area contributed by atoms with E-state index in [2.05, 4.69) is 20.3 Å². The van der Waals surface area contributed by atoms with Crippen molar-refractivity contribution in [2.24, 2.45) is 5.41 Å². The van der Waals surface area contributed by atoms with Gasteiger partial charge in [-0.1, -0.05) is 62.2 Å². The zero-order valence-electron chi connectivity index (χ0n) is 16.8. The summed E-state index contributed by atoms with van der Waals surface area (Å²) in [6.45, 7) is 7.88. The first kappa shape index (κ1) is 20.7. The molecule has 0 fully saturated rings. The Balaban J connectivity index is 1.96. The molecule has 1 heterocycles. The molecule has 0 radical (unpaired) electrons. The minimum Gasteiger partial charge on any atom is -0.352 e. The van der Waals surface area contributed by atoms with Crippen LogP contribution in [0.25, 0.3) is 22.8 Å². The normalized spacial score (nSPS) is 11.3. The third-order valence-corrected chi connectivity index (χ3v) is 4.68. The van der Waals surface area contributed by atoms with E-state index < -0.39 is 11.1 Å². The molecule has 1 aromatic heterocycles. The molecule has 0 saturated heterocycles. The Bertz CT molecular complexity index is 1120. The topological polar surface area (TPSA) is 87.7 Å². The van der Waals surface area contributed by atoms with Gasteiger partial charge >= 0.3 is 5.69 Å². The van der Waals surface area contributed by atoms with E-state index >= 15 is 0 Å². The molecule has 2 N–H and O–H groups in total. The number of rotatable bonds is 4. The number of carbonyl (C=O) groups excluding carboxylic acids is 1. The van der Waals surface area contributed by atoms with Crippen molar-refractivity contribution in [1.82, 2.24) is 20.3 Å². The largest absolute Gasteiger partial charge is 0.352 e. The van der Waals surface area contributed by atoms with E-state index in [0.29, 0.717) is 28.8 Å². The Morgan fingerprint density at radius 1 is 1.14 bits per heavy atom. The fourth-order valence-corrected chi connectivity index (χ4v) is 2.94. The SMILES string of the molecule is Cc1cccc(-c2nc(-c3cc(CNC(=O)C(C)(C)C)ccc3Cl)[nH]c(=O)n2)c1. The number of nitrogens with zero attached hydrogens (tertiary/aromatic N) is 2. The van der Waals surface area contributed by atoms with E-state index in [4.69, 9.17) is 11.6 Å². The number of aromatic amines is 1. The molecular formula is C22H23ClN4O2. The van der Waals surface area contributed by atoms with Crippen LogP contribution in [0.5, 0.6) is 0 Å². The van der Waals surface area contributed by atoms with Gasteiger partial charge in [0.2, 0.25) is 5.91 Å². The molecule has 0 aliphatic rings. The highest BCUT2D eigenvalue weighted by atomic mass is 35.5. The predicted octanol–water partition coefficient (Wildman–Crippen LogP) is 4.12. The van der Waals surface area contributed by atoms with Gasteiger partial charge in [0.25, 0.3) is 0 Å². The van der Waals surface area contributed by atoms with Crippen molar-refractivity contribution in [1.29, 1.82) is 0 Å². The second-order valence-corrected chi connectivity index (χ2v) is 8.35. The molecule has 0 aliphatic heterocycles. The molecule has 1 amide bonds. The van der Waals surface area contributed by atoms with Gasteiger partial charge in [-0.05, 0) is 30.7 Å². The number of carbonyl (C=O) groups is 1. The van der Waals surface area contributed by atoms with Crippen LogP contribution >= 0.6 is 11.6 Å². The van der Waals surface area contributed by atoms with Crippen molar-refractivity contribution in [2.45, 2.75) is 34.2 Å². The minimum atomic E-state index is -0.506. The molecule has 0 unspecified atom stereocenters. The second-order valence-electron chi connectivity index (χ2n) is 7.94. The summed E-state index contributed by atoms with van der Waals surface area (Å²) in [5.41, 5.74) is 2.23. The summed E-state index contributed by atoms with van der Waals surface area (Å²) < 4.78 is 0. The van der Waals surface area contributed by atoms with E-state index in [9.17, 15) is 9.59 Å². The molecular weight excluding hydrogens is 388 g/mol. The number of aryl methyl sites for hydroxylation is 1. The highest BCUT2D eigenvalue weighted by molar-refractivity contribution is 6.33. The van der Waals surface area contributed by atoms with Crippen molar-refractivity contribution in [3.63, 3.8) is 0 Å². The molecule has 0 bridgehead atoms. The van der Waals surface area contributed by atoms with Crippen LogP contribution in [0, 0.1) is 12.3 Å². The van der Waals surface area contributed by atoms with Crippen molar-refractivity contribution < 1.29 is 4.79 Å². The van der Waals surface area contributed by atoms with Crippen LogP contribution in [0.15, 0.2) is 47.3 Å². The molecule has 0 spiro atoms. The summed E-state index contributed by atoms with van der Waals surface area (Å²) in [5.74, 6) is 0.608. The number of halogens is 1. The second kappa shape index (κ2) is 8.17. The van der Waals surface area contributed by atoms with Gasteiger partial charge in [0.15, 0.2) is 5.82 Å². The maximum absolute atomic E-state index is 12.2. The summed E-state index contributed by atoms with van der Waals surface area (Å²) in [6.07, 6.45) is 0. The number of benzene rings is 2. The molecule has 3 aromatic rings. The maximum Gasteiger partial charge on any atom is 0.348 e. The Kier molecular flexibility index (Phi) is 5.84. The lowest BCUT2D eigenvalue weighted by atomic mass is 9.95. The summed E-state index contributed by atoms with van der Waals surface area (Å²) in [7, 11) is 0. The number of hydrogen-bond donors (Lipinski definition) is 2. The zero-order chi connectivity index (χ0) is 21.2. The Morgan fingerprint density at radius 3 is 2.59 bits per heavy atom. The molecule has 3 rings (SSSR count). The molecule has 29 heavy (non-hydrogen) atoms. The molecule has 0 atom stereocenters. The number of nitrogens with one attached hydrogen (secondary N) is 2. The fraction of sp³-hybridized carbons (Fsp3) is 0.273. The van der Waals surface area contributed by atoms with Gasteiger partial charge in [-0.2, -0.15) is 4.98 Å². The average molecular weight is 411 g/mol. The third kappa shape index (κ3) is 5.09. The summed E-state index contributed by atoms with van der Waals surface area (Å²) in [5, 5.41) is 3.35. The van der Waals surface area contributed by atoms with Gasteiger partial charge in [-0.3, -0.25) is 9.78 Å². The first-order valence-corrected chi connectivity index (χ1v) is 9.64. The standard InChI is InChI=1S/C22H23ClN4O2/c1-13-6-5-7-15(10-13)18-25-19(27-21(29)26-18)16-11-14(8-9-17(16)23)12-24-20(28)22(2,3)4/h5-11H,12H2,1-4H3,(H,24,28)(H,25,26,27,29). The van der Waals surface area contributed by atoms with E-state index in [1.54, 1.807) is 6.07 Å². The number of hydrogen-bond acceptors (Lipinski definition) is 4. The van der Waals surface area contributed by atoms with Crippen molar-refractivity contribution in [2.75, 3.05) is 0 Å². The average Bonchev–Trinajstić information content (AvgIpc) is 2.65. The lowest BCUT2D eigenvalue weighted by molar-refractivity contribution is -0.128. The van der Waals surface area contributed by atoms with Gasteiger partial charge in [0.1, 0.15) is 5.82 Å². The minimum absolute atomic E-state index is 0.0498. The van der Waals surface area contributed by atoms with Gasteiger partial charge in [0, 0.05) is 23.1 Å². The van der Waals surface area contributed by atoms with Gasteiger partial charge in [-0.15, -0.1) is 0 Å². The quantitative estimate of drug-likeness (QED) is 0.677. The highest BCUT2D eigenvalue weighted by Gasteiger charge is 2.20. The highest BCUT2D eigenvalue weighted by Crippen LogP contribution is 2.27. The first-order valence-electron chi connectivity index (χ1n) is 9.26. The van der Waals surface area contributed by atoms with E-state index in [1.165, 1.54) is 0 Å². The lowest BCUT2D eigenvalue weighted by Gasteiger charge is -2.18. The zero-order valence-corrected chi connectivity index (χ0v) is 17.6. The van der Waals surface area contributed by atoms with E-state index in [1.807, 2.05) is 64.1 Å². The molecule has 0 aliphatic carbocycles. The van der Waals surface area contributed by atoms with Crippen LogP contribution in [0.4, 0.5) is 0 Å². The lowest BCUT2D eigenvalue weighted by Crippen LogP contribution is -2.34. The van der Waals surface area contributed by atoms with Gasteiger partial charge in [0.05, 0.1) is 5.02 Å². The van der Waals surface area contributed by atoms with Crippen molar-refractivity contribution >= 4 is 17.5 Å². The Morgan fingerprint density at radius 2 is 1.90 bits per heavy atom. The smallest absolute Gasteiger partial charge is 0.348 e. The van der Waals surface area contributed by atoms with E-state index in [-0.39, 0.29) is 5.91 Å².